The summed E-state index contributed by atoms with van der Waals surface area (Å²) in [5.74, 6) is 0.638. The predicted octanol–water partition coefficient (Wildman–Crippen LogP) is 4.92. The maximum absolute atomic E-state index is 13.4. The van der Waals surface area contributed by atoms with Gasteiger partial charge in [-0.25, -0.2) is 0 Å². The molecule has 0 aliphatic carbocycles. The molecule has 32 heavy (non-hydrogen) atoms. The summed E-state index contributed by atoms with van der Waals surface area (Å²) in [4.78, 5) is 30.4. The summed E-state index contributed by atoms with van der Waals surface area (Å²) in [6, 6.07) is 21.4. The Morgan fingerprint density at radius 1 is 1.03 bits per heavy atom. The third-order valence-corrected chi connectivity index (χ3v) is 6.60. The molecule has 5 heteroatoms. The lowest BCUT2D eigenvalue weighted by atomic mass is 9.94. The first kappa shape index (κ1) is 21.9. The predicted molar refractivity (Wildman–Crippen MR) is 127 cm³/mol. The molecule has 2 atom stereocenters. The number of methoxy groups -OCH3 is 1. The van der Waals surface area contributed by atoms with Crippen LogP contribution in [0.2, 0.25) is 0 Å². The van der Waals surface area contributed by atoms with Crippen LogP contribution in [0.15, 0.2) is 66.7 Å². The van der Waals surface area contributed by atoms with Crippen LogP contribution in [0.5, 0.6) is 5.75 Å². The van der Waals surface area contributed by atoms with Crippen molar-refractivity contribution in [2.24, 2.45) is 5.92 Å². The van der Waals surface area contributed by atoms with Crippen LogP contribution in [0, 0.1) is 5.92 Å². The number of para-hydroxylation sites is 1. The van der Waals surface area contributed by atoms with E-state index in [2.05, 4.69) is 0 Å². The van der Waals surface area contributed by atoms with Gasteiger partial charge in [0, 0.05) is 31.3 Å². The number of benzene rings is 3. The summed E-state index contributed by atoms with van der Waals surface area (Å²) in [6.45, 7) is 3.14. The van der Waals surface area contributed by atoms with Gasteiger partial charge in [-0.15, -0.1) is 0 Å². The van der Waals surface area contributed by atoms with E-state index in [4.69, 9.17) is 4.74 Å². The number of carbonyl (C=O) groups excluding carboxylic acids is 2. The molecule has 2 unspecified atom stereocenters. The van der Waals surface area contributed by atoms with Crippen molar-refractivity contribution in [3.8, 4) is 5.75 Å². The van der Waals surface area contributed by atoms with Crippen molar-refractivity contribution in [2.75, 3.05) is 27.2 Å². The topological polar surface area (TPSA) is 49.9 Å². The molecule has 3 aromatic rings. The van der Waals surface area contributed by atoms with Gasteiger partial charge < -0.3 is 14.5 Å². The number of ether oxygens (including phenoxy) is 1. The molecule has 0 saturated carbocycles. The van der Waals surface area contributed by atoms with Crippen molar-refractivity contribution in [3.63, 3.8) is 0 Å². The smallest absolute Gasteiger partial charge is 0.254 e. The van der Waals surface area contributed by atoms with Crippen molar-refractivity contribution < 1.29 is 14.3 Å². The average Bonchev–Trinajstić information content (AvgIpc) is 2.86. The maximum atomic E-state index is 13.4. The van der Waals surface area contributed by atoms with Crippen LogP contribution in [0.3, 0.4) is 0 Å². The molecule has 0 N–H and O–H groups in total. The quantitative estimate of drug-likeness (QED) is 0.577. The minimum Gasteiger partial charge on any atom is -0.496 e. The number of hydrogen-bond donors (Lipinski definition) is 0. The van der Waals surface area contributed by atoms with E-state index in [1.807, 2.05) is 85.6 Å². The van der Waals surface area contributed by atoms with E-state index < -0.39 is 0 Å². The number of rotatable bonds is 5. The second-order valence-corrected chi connectivity index (χ2v) is 8.48. The van der Waals surface area contributed by atoms with Gasteiger partial charge in [-0.3, -0.25) is 9.59 Å². The van der Waals surface area contributed by atoms with Gasteiger partial charge in [-0.05, 0) is 42.7 Å². The van der Waals surface area contributed by atoms with Crippen LogP contribution in [0.25, 0.3) is 10.8 Å². The summed E-state index contributed by atoms with van der Waals surface area (Å²) in [5, 5.41) is 2.00. The molecule has 0 radical (unpaired) electrons. The highest BCUT2D eigenvalue weighted by Gasteiger charge is 2.33. The minimum absolute atomic E-state index is 0.000250. The van der Waals surface area contributed by atoms with Crippen molar-refractivity contribution in [1.29, 1.82) is 0 Å². The Kier molecular flexibility index (Phi) is 6.45. The van der Waals surface area contributed by atoms with Gasteiger partial charge in [-0.1, -0.05) is 54.6 Å². The van der Waals surface area contributed by atoms with Crippen LogP contribution in [-0.2, 0) is 4.79 Å². The summed E-state index contributed by atoms with van der Waals surface area (Å²) in [7, 11) is 3.48. The van der Waals surface area contributed by atoms with Crippen molar-refractivity contribution >= 4 is 22.6 Å². The average molecular weight is 431 g/mol. The fraction of sp³-hybridized carbons (Fsp3) is 0.333. The van der Waals surface area contributed by atoms with E-state index in [-0.39, 0.29) is 23.8 Å². The van der Waals surface area contributed by atoms with E-state index in [9.17, 15) is 9.59 Å². The van der Waals surface area contributed by atoms with Crippen LogP contribution in [-0.4, -0.2) is 48.9 Å². The zero-order valence-electron chi connectivity index (χ0n) is 19.0. The zero-order chi connectivity index (χ0) is 22.7. The maximum Gasteiger partial charge on any atom is 0.254 e. The summed E-state index contributed by atoms with van der Waals surface area (Å²) in [6.07, 6.45) is 1.62. The second kappa shape index (κ2) is 9.43. The lowest BCUT2D eigenvalue weighted by Crippen LogP contribution is -2.46. The molecular weight excluding hydrogens is 400 g/mol. The van der Waals surface area contributed by atoms with E-state index in [0.29, 0.717) is 18.7 Å². The normalized spacial score (nSPS) is 17.1. The molecule has 5 nitrogen and oxygen atoms in total. The molecule has 1 fully saturated rings. The van der Waals surface area contributed by atoms with Crippen molar-refractivity contribution in [2.45, 2.75) is 25.8 Å². The van der Waals surface area contributed by atoms with E-state index in [0.717, 1.165) is 34.9 Å². The summed E-state index contributed by atoms with van der Waals surface area (Å²) >= 11 is 0. The fourth-order valence-electron chi connectivity index (χ4n) is 4.64. The number of likely N-dealkylation sites (tertiary alicyclic amines) is 1. The summed E-state index contributed by atoms with van der Waals surface area (Å²) in [5.41, 5.74) is 1.68. The molecule has 0 aromatic heterocycles. The first-order valence-corrected chi connectivity index (χ1v) is 11.2. The van der Waals surface area contributed by atoms with E-state index >= 15 is 0 Å². The van der Waals surface area contributed by atoms with E-state index in [1.54, 1.807) is 12.0 Å². The van der Waals surface area contributed by atoms with Crippen molar-refractivity contribution in [3.05, 3.63) is 77.9 Å². The molecule has 1 heterocycles. The Labute approximate surface area is 189 Å². The molecule has 4 rings (SSSR count). The third-order valence-electron chi connectivity index (χ3n) is 6.60. The first-order chi connectivity index (χ1) is 15.5. The van der Waals surface area contributed by atoms with Gasteiger partial charge in [0.05, 0.1) is 19.1 Å². The van der Waals surface area contributed by atoms with Gasteiger partial charge in [0.1, 0.15) is 5.75 Å². The highest BCUT2D eigenvalue weighted by molar-refractivity contribution is 6.07. The molecule has 2 amide bonds. The molecular formula is C27H30N2O3. The number of carbonyl (C=O) groups is 2. The largest absolute Gasteiger partial charge is 0.496 e. The molecule has 0 spiro atoms. The Hall–Kier alpha value is -3.34. The third kappa shape index (κ3) is 4.20. The Morgan fingerprint density at radius 3 is 2.56 bits per heavy atom. The van der Waals surface area contributed by atoms with Gasteiger partial charge in [0.2, 0.25) is 5.91 Å². The van der Waals surface area contributed by atoms with Crippen LogP contribution < -0.4 is 4.74 Å². The second-order valence-electron chi connectivity index (χ2n) is 8.48. The van der Waals surface area contributed by atoms with Crippen LogP contribution >= 0.6 is 0 Å². The van der Waals surface area contributed by atoms with E-state index in [1.165, 1.54) is 0 Å². The number of nitrogens with zero attached hydrogens (tertiary/aromatic N) is 2. The fourth-order valence-corrected chi connectivity index (χ4v) is 4.64. The van der Waals surface area contributed by atoms with Gasteiger partial charge in [-0.2, -0.15) is 0 Å². The lowest BCUT2D eigenvalue weighted by molar-refractivity contribution is -0.137. The summed E-state index contributed by atoms with van der Waals surface area (Å²) < 4.78 is 5.48. The molecule has 0 bridgehead atoms. The lowest BCUT2D eigenvalue weighted by Gasteiger charge is -2.36. The molecule has 1 saturated heterocycles. The number of hydrogen-bond acceptors (Lipinski definition) is 3. The van der Waals surface area contributed by atoms with Crippen LogP contribution in [0.1, 0.15) is 41.7 Å². The highest BCUT2D eigenvalue weighted by Crippen LogP contribution is 2.31. The molecule has 1 aliphatic heterocycles. The van der Waals surface area contributed by atoms with Gasteiger partial charge in [0.15, 0.2) is 0 Å². The molecule has 3 aromatic carbocycles. The Morgan fingerprint density at radius 2 is 1.75 bits per heavy atom. The van der Waals surface area contributed by atoms with Crippen molar-refractivity contribution in [1.82, 2.24) is 9.80 Å². The Bertz CT molecular complexity index is 1120. The number of piperidine rings is 1. The monoisotopic (exact) mass is 430 g/mol. The Balaban J connectivity index is 1.51. The molecule has 1 aliphatic rings. The first-order valence-electron chi connectivity index (χ1n) is 11.2. The highest BCUT2D eigenvalue weighted by atomic mass is 16.5. The molecule has 166 valence electrons. The SMILES string of the molecule is COc1ccccc1C(C)N(C)C(=O)C1CCCN(C(=O)c2cccc3ccccc23)C1. The zero-order valence-corrected chi connectivity index (χ0v) is 19.0. The number of amides is 2. The van der Waals surface area contributed by atoms with Crippen LogP contribution in [0.4, 0.5) is 0 Å². The minimum atomic E-state index is -0.204. The standard InChI is InChI=1S/C27H30N2O3/c1-19(22-13-6-7-16-25(22)32-3)28(2)26(30)21-12-9-17-29(18-21)27(31)24-15-8-11-20-10-4-5-14-23(20)24/h4-8,10-11,13-16,19,21H,9,12,17-18H2,1-3H3. The number of fused-ring (bicyclic) bond motifs is 1. The van der Waals surface area contributed by atoms with Gasteiger partial charge in [0.25, 0.3) is 5.91 Å². The van der Waals surface area contributed by atoms with Gasteiger partial charge >= 0.3 is 0 Å².